The molecule has 0 aliphatic carbocycles. The van der Waals surface area contributed by atoms with Crippen molar-refractivity contribution >= 4 is 29.5 Å². The number of carbonyl (C=O) groups is 3. The van der Waals surface area contributed by atoms with Crippen LogP contribution in [0.4, 0.5) is 0 Å². The van der Waals surface area contributed by atoms with E-state index in [-0.39, 0.29) is 25.4 Å². The number of hydrogen-bond donors (Lipinski definition) is 0. The van der Waals surface area contributed by atoms with E-state index in [4.69, 9.17) is 14.7 Å². The number of esters is 2. The lowest BCUT2D eigenvalue weighted by atomic mass is 10.2. The van der Waals surface area contributed by atoms with Gasteiger partial charge in [-0.05, 0) is 30.7 Å². The summed E-state index contributed by atoms with van der Waals surface area (Å²) in [6.07, 6.45) is 3.11. The van der Waals surface area contributed by atoms with Crippen LogP contribution in [0.2, 0.25) is 0 Å². The molecular formula is C14H17NO5S. The highest BCUT2D eigenvalue weighted by Crippen LogP contribution is 2.16. The number of allylic oxidation sites excluding steroid dienone is 1. The van der Waals surface area contributed by atoms with Crippen LogP contribution in [0.15, 0.2) is 25.3 Å². The number of unbranched alkanes of at least 4 members (excludes halogenated alkanes) is 1. The predicted molar refractivity (Wildman–Crippen MR) is 78.2 cm³/mol. The van der Waals surface area contributed by atoms with Gasteiger partial charge in [0.1, 0.15) is 10.7 Å². The summed E-state index contributed by atoms with van der Waals surface area (Å²) in [5, 5.41) is 9.52. The van der Waals surface area contributed by atoms with Crippen molar-refractivity contribution in [3.63, 3.8) is 0 Å². The smallest absolute Gasteiger partial charge is 0.330 e. The van der Waals surface area contributed by atoms with Crippen molar-refractivity contribution in [3.05, 3.63) is 25.3 Å². The maximum absolute atomic E-state index is 11.7. The summed E-state index contributed by atoms with van der Waals surface area (Å²) in [6, 6.07) is 0. The van der Waals surface area contributed by atoms with Crippen molar-refractivity contribution in [1.29, 1.82) is 5.26 Å². The van der Waals surface area contributed by atoms with Crippen LogP contribution in [0.5, 0.6) is 0 Å². The molecule has 1 atom stereocenters. The predicted octanol–water partition coefficient (Wildman–Crippen LogP) is 1.77. The van der Waals surface area contributed by atoms with Gasteiger partial charge in [-0.1, -0.05) is 13.2 Å². The second kappa shape index (κ2) is 11.7. The van der Waals surface area contributed by atoms with Gasteiger partial charge in [-0.25, -0.2) is 4.79 Å². The average molecular weight is 311 g/mol. The first-order chi connectivity index (χ1) is 10.0. The minimum absolute atomic E-state index is 0.114. The molecule has 0 radical (unpaired) electrons. The standard InChI is InChI=1S/C14H17NO5S/c1-3-11(16)9-12(21-10-15)14(18)20-8-6-5-7-19-13(17)4-2/h3-4,12H,1-2,5-9H2. The van der Waals surface area contributed by atoms with E-state index in [1.54, 1.807) is 5.40 Å². The molecule has 0 fully saturated rings. The number of nitriles is 1. The van der Waals surface area contributed by atoms with Gasteiger partial charge in [0.25, 0.3) is 0 Å². The average Bonchev–Trinajstić information content (AvgIpc) is 2.49. The Morgan fingerprint density at radius 3 is 2.29 bits per heavy atom. The molecule has 0 aromatic rings. The van der Waals surface area contributed by atoms with Crippen molar-refractivity contribution in [2.24, 2.45) is 0 Å². The largest absolute Gasteiger partial charge is 0.465 e. The van der Waals surface area contributed by atoms with E-state index in [9.17, 15) is 14.4 Å². The van der Waals surface area contributed by atoms with Gasteiger partial charge in [0.05, 0.1) is 13.2 Å². The number of rotatable bonds is 11. The van der Waals surface area contributed by atoms with E-state index < -0.39 is 17.2 Å². The molecule has 21 heavy (non-hydrogen) atoms. The molecule has 0 heterocycles. The second-order valence-corrected chi connectivity index (χ2v) is 4.81. The zero-order valence-corrected chi connectivity index (χ0v) is 12.4. The lowest BCUT2D eigenvalue weighted by molar-refractivity contribution is -0.144. The van der Waals surface area contributed by atoms with Gasteiger partial charge in [0, 0.05) is 12.5 Å². The quantitative estimate of drug-likeness (QED) is 0.248. The molecule has 114 valence electrons. The van der Waals surface area contributed by atoms with Crippen LogP contribution in [-0.2, 0) is 23.9 Å². The minimum Gasteiger partial charge on any atom is -0.465 e. The van der Waals surface area contributed by atoms with Crippen molar-refractivity contribution in [3.8, 4) is 5.40 Å². The fourth-order valence-electron chi connectivity index (χ4n) is 1.20. The number of nitrogens with zero attached hydrogens (tertiary/aromatic N) is 1. The van der Waals surface area contributed by atoms with Gasteiger partial charge < -0.3 is 9.47 Å². The molecule has 0 amide bonds. The first kappa shape index (κ1) is 18.9. The third-order valence-electron chi connectivity index (χ3n) is 2.27. The number of thioether (sulfide) groups is 1. The Labute approximate surface area is 127 Å². The summed E-state index contributed by atoms with van der Waals surface area (Å²) in [4.78, 5) is 33.6. The fourth-order valence-corrected chi connectivity index (χ4v) is 1.74. The molecule has 0 aromatic heterocycles. The second-order valence-electron chi connectivity index (χ2n) is 3.82. The summed E-state index contributed by atoms with van der Waals surface area (Å²) in [5.74, 6) is -1.43. The first-order valence-corrected chi connectivity index (χ1v) is 7.09. The summed E-state index contributed by atoms with van der Waals surface area (Å²) in [5.41, 5.74) is 0. The highest BCUT2D eigenvalue weighted by Gasteiger charge is 2.23. The number of hydrogen-bond acceptors (Lipinski definition) is 7. The molecule has 0 aliphatic rings. The van der Waals surface area contributed by atoms with Gasteiger partial charge in [-0.2, -0.15) is 5.26 Å². The summed E-state index contributed by atoms with van der Waals surface area (Å²) in [7, 11) is 0. The van der Waals surface area contributed by atoms with Crippen molar-refractivity contribution < 1.29 is 23.9 Å². The molecule has 1 unspecified atom stereocenters. The van der Waals surface area contributed by atoms with Gasteiger partial charge in [0.2, 0.25) is 0 Å². The van der Waals surface area contributed by atoms with Crippen LogP contribution in [0.1, 0.15) is 19.3 Å². The van der Waals surface area contributed by atoms with E-state index in [0.717, 1.165) is 12.2 Å². The number of ether oxygens (including phenoxy) is 2. The van der Waals surface area contributed by atoms with Gasteiger partial charge in [-0.3, -0.25) is 9.59 Å². The molecular weight excluding hydrogens is 294 g/mol. The zero-order valence-electron chi connectivity index (χ0n) is 11.6. The molecule has 0 N–H and O–H groups in total. The SMILES string of the molecule is C=CC(=O)CC(SC#N)C(=O)OCCCCOC(=O)C=C. The molecule has 0 saturated carbocycles. The highest BCUT2D eigenvalue weighted by atomic mass is 32.2. The third kappa shape index (κ3) is 9.46. The Morgan fingerprint density at radius 1 is 1.14 bits per heavy atom. The maximum Gasteiger partial charge on any atom is 0.330 e. The van der Waals surface area contributed by atoms with Crippen molar-refractivity contribution in [1.82, 2.24) is 0 Å². The van der Waals surface area contributed by atoms with Gasteiger partial charge in [0.15, 0.2) is 5.78 Å². The van der Waals surface area contributed by atoms with Crippen molar-refractivity contribution in [2.75, 3.05) is 13.2 Å². The van der Waals surface area contributed by atoms with Crippen LogP contribution >= 0.6 is 11.8 Å². The molecule has 0 saturated heterocycles. The fraction of sp³-hybridized carbons (Fsp3) is 0.429. The highest BCUT2D eigenvalue weighted by molar-refractivity contribution is 8.05. The van der Waals surface area contributed by atoms with Crippen LogP contribution in [0, 0.1) is 10.7 Å². The maximum atomic E-state index is 11.7. The Kier molecular flexibility index (Phi) is 10.6. The monoisotopic (exact) mass is 311 g/mol. The number of carbonyl (C=O) groups excluding carboxylic acids is 3. The van der Waals surface area contributed by atoms with E-state index >= 15 is 0 Å². The summed E-state index contributed by atoms with van der Waals surface area (Å²) in [6.45, 7) is 6.92. The summed E-state index contributed by atoms with van der Waals surface area (Å²) >= 11 is 0.685. The van der Waals surface area contributed by atoms with Crippen molar-refractivity contribution in [2.45, 2.75) is 24.5 Å². The molecule has 6 nitrogen and oxygen atoms in total. The molecule has 0 aromatic carbocycles. The van der Waals surface area contributed by atoms with E-state index in [0.29, 0.717) is 24.6 Å². The van der Waals surface area contributed by atoms with E-state index in [1.165, 1.54) is 0 Å². The lowest BCUT2D eigenvalue weighted by Gasteiger charge is -2.11. The van der Waals surface area contributed by atoms with Crippen LogP contribution in [-0.4, -0.2) is 36.2 Å². The summed E-state index contributed by atoms with van der Waals surface area (Å²) < 4.78 is 9.73. The topological polar surface area (TPSA) is 93.5 Å². The third-order valence-corrected chi connectivity index (χ3v) is 3.02. The Balaban J connectivity index is 3.95. The van der Waals surface area contributed by atoms with E-state index in [2.05, 4.69) is 13.2 Å². The van der Waals surface area contributed by atoms with Crippen LogP contribution in [0.25, 0.3) is 0 Å². The van der Waals surface area contributed by atoms with Gasteiger partial charge in [-0.15, -0.1) is 0 Å². The number of ketones is 1. The Morgan fingerprint density at radius 2 is 1.76 bits per heavy atom. The Hall–Kier alpha value is -2.07. The zero-order chi connectivity index (χ0) is 16.1. The molecule has 0 aliphatic heterocycles. The lowest BCUT2D eigenvalue weighted by Crippen LogP contribution is -2.23. The molecule has 0 bridgehead atoms. The first-order valence-electron chi connectivity index (χ1n) is 6.21. The van der Waals surface area contributed by atoms with Gasteiger partial charge >= 0.3 is 11.9 Å². The van der Waals surface area contributed by atoms with Crippen LogP contribution in [0.3, 0.4) is 0 Å². The van der Waals surface area contributed by atoms with Crippen LogP contribution < -0.4 is 0 Å². The molecule has 0 rings (SSSR count). The molecule has 7 heteroatoms. The Bertz CT molecular complexity index is 441. The van der Waals surface area contributed by atoms with E-state index in [1.807, 2.05) is 0 Å². The number of thiocyanates is 1. The molecule has 0 spiro atoms. The minimum atomic E-state index is -0.848. The normalized spacial score (nSPS) is 10.8.